The van der Waals surface area contributed by atoms with Gasteiger partial charge in [0.05, 0.1) is 17.3 Å². The third-order valence-electron chi connectivity index (χ3n) is 6.79. The number of thiocarbonyl (C=S) groups is 1. The zero-order valence-electron chi connectivity index (χ0n) is 21.5. The summed E-state index contributed by atoms with van der Waals surface area (Å²) in [5.74, 6) is -0.131. The number of carboxylic acids is 1. The van der Waals surface area contributed by atoms with Crippen LogP contribution in [0.3, 0.4) is 0 Å². The molecule has 2 aromatic heterocycles. The van der Waals surface area contributed by atoms with Crippen LogP contribution in [0.25, 0.3) is 11.3 Å². The van der Waals surface area contributed by atoms with Gasteiger partial charge in [0.1, 0.15) is 17.6 Å². The third kappa shape index (κ3) is 5.53. The van der Waals surface area contributed by atoms with E-state index in [1.807, 2.05) is 61.2 Å². The molecular weight excluding hydrogens is 512 g/mol. The summed E-state index contributed by atoms with van der Waals surface area (Å²) in [6, 6.07) is 21.2. The number of aromatic nitrogens is 1. The zero-order chi connectivity index (χ0) is 27.5. The van der Waals surface area contributed by atoms with E-state index < -0.39 is 12.0 Å². The molecule has 0 spiro atoms. The second kappa shape index (κ2) is 11.1. The maximum Gasteiger partial charge on any atom is 0.336 e. The Labute approximate surface area is 231 Å². The van der Waals surface area contributed by atoms with E-state index in [1.54, 1.807) is 36.5 Å². The van der Waals surface area contributed by atoms with Crippen LogP contribution < -0.4 is 10.6 Å². The first-order chi connectivity index (χ1) is 18.8. The van der Waals surface area contributed by atoms with Crippen LogP contribution >= 0.6 is 12.2 Å². The second-order valence-corrected chi connectivity index (χ2v) is 9.88. The van der Waals surface area contributed by atoms with Crippen LogP contribution in [0.4, 0.5) is 5.69 Å². The fourth-order valence-corrected chi connectivity index (χ4v) is 5.13. The van der Waals surface area contributed by atoms with E-state index in [0.29, 0.717) is 28.7 Å². The number of amides is 1. The Morgan fingerprint density at radius 2 is 1.87 bits per heavy atom. The lowest BCUT2D eigenvalue weighted by molar-refractivity contribution is -0.116. The Hall–Kier alpha value is -4.50. The average Bonchev–Trinajstić information content (AvgIpc) is 3.54. The van der Waals surface area contributed by atoms with E-state index in [1.165, 1.54) is 0 Å². The number of anilines is 1. The molecule has 3 heterocycles. The van der Waals surface area contributed by atoms with Crippen molar-refractivity contribution in [3.63, 3.8) is 0 Å². The molecule has 1 amide bonds. The Morgan fingerprint density at radius 1 is 1.08 bits per heavy atom. The maximum absolute atomic E-state index is 12.9. The van der Waals surface area contributed by atoms with E-state index >= 15 is 0 Å². The number of nitrogens with one attached hydrogen (secondary N) is 2. The van der Waals surface area contributed by atoms with Gasteiger partial charge in [-0.3, -0.25) is 9.78 Å². The molecule has 1 saturated heterocycles. The number of hydrogen-bond donors (Lipinski definition) is 3. The Morgan fingerprint density at radius 3 is 2.64 bits per heavy atom. The molecule has 9 heteroatoms. The van der Waals surface area contributed by atoms with Crippen molar-refractivity contribution in [2.75, 3.05) is 11.9 Å². The molecule has 1 aliphatic rings. The highest BCUT2D eigenvalue weighted by Gasteiger charge is 2.41. The van der Waals surface area contributed by atoms with Crippen molar-refractivity contribution in [2.24, 2.45) is 0 Å². The minimum Gasteiger partial charge on any atom is -0.478 e. The Kier molecular flexibility index (Phi) is 7.42. The van der Waals surface area contributed by atoms with Crippen molar-refractivity contribution in [3.05, 3.63) is 107 Å². The summed E-state index contributed by atoms with van der Waals surface area (Å²) >= 11 is 5.71. The van der Waals surface area contributed by atoms with Crippen LogP contribution in [0.5, 0.6) is 0 Å². The van der Waals surface area contributed by atoms with Crippen LogP contribution in [0.1, 0.15) is 51.4 Å². The van der Waals surface area contributed by atoms with Gasteiger partial charge in [-0.2, -0.15) is 0 Å². The lowest BCUT2D eigenvalue weighted by atomic mass is 10.0. The first-order valence-corrected chi connectivity index (χ1v) is 13.0. The summed E-state index contributed by atoms with van der Waals surface area (Å²) in [5.41, 5.74) is 4.26. The minimum absolute atomic E-state index is 0.123. The number of benzene rings is 2. The number of aryl methyl sites for hydroxylation is 2. The number of hydrogen-bond acceptors (Lipinski definition) is 5. The molecule has 198 valence electrons. The van der Waals surface area contributed by atoms with Gasteiger partial charge in [-0.1, -0.05) is 36.4 Å². The molecule has 0 radical (unpaired) electrons. The quantitative estimate of drug-likeness (QED) is 0.246. The summed E-state index contributed by atoms with van der Waals surface area (Å²) in [6.45, 7) is 4.29. The van der Waals surface area contributed by atoms with E-state index in [4.69, 9.17) is 16.6 Å². The fourth-order valence-electron chi connectivity index (χ4n) is 4.80. The SMILES string of the molecule is Cc1ccc(C)c(NC(=O)CCN2C(=S)N[C@@H](c3ccccn3)[C@H]2c2ccc(-c3ccccc3C(=O)O)o2)c1. The monoisotopic (exact) mass is 540 g/mol. The predicted octanol–water partition coefficient (Wildman–Crippen LogP) is 5.66. The Balaban J connectivity index is 1.43. The zero-order valence-corrected chi connectivity index (χ0v) is 22.4. The molecule has 2 aromatic carbocycles. The smallest absolute Gasteiger partial charge is 0.336 e. The van der Waals surface area contributed by atoms with Crippen LogP contribution in [0, 0.1) is 13.8 Å². The summed E-state index contributed by atoms with van der Waals surface area (Å²) in [4.78, 5) is 31.2. The molecule has 0 bridgehead atoms. The molecule has 3 N–H and O–H groups in total. The lowest BCUT2D eigenvalue weighted by Gasteiger charge is -2.26. The number of carbonyl (C=O) groups is 2. The molecule has 0 saturated carbocycles. The van der Waals surface area contributed by atoms with Gasteiger partial charge >= 0.3 is 5.97 Å². The molecule has 0 aliphatic carbocycles. The third-order valence-corrected chi connectivity index (χ3v) is 7.14. The number of carbonyl (C=O) groups excluding carboxylic acids is 1. The first-order valence-electron chi connectivity index (χ1n) is 12.6. The van der Waals surface area contributed by atoms with Crippen molar-refractivity contribution in [3.8, 4) is 11.3 Å². The topological polar surface area (TPSA) is 108 Å². The largest absolute Gasteiger partial charge is 0.478 e. The summed E-state index contributed by atoms with van der Waals surface area (Å²) in [5, 5.41) is 16.5. The van der Waals surface area contributed by atoms with Gasteiger partial charge in [-0.15, -0.1) is 0 Å². The molecule has 2 atom stereocenters. The van der Waals surface area contributed by atoms with Gasteiger partial charge in [0.2, 0.25) is 5.91 Å². The maximum atomic E-state index is 12.9. The molecule has 5 rings (SSSR count). The molecule has 1 aliphatic heterocycles. The molecule has 1 fully saturated rings. The van der Waals surface area contributed by atoms with Crippen molar-refractivity contribution in [2.45, 2.75) is 32.4 Å². The highest BCUT2D eigenvalue weighted by atomic mass is 32.1. The van der Waals surface area contributed by atoms with Gasteiger partial charge in [0.15, 0.2) is 5.11 Å². The highest BCUT2D eigenvalue weighted by molar-refractivity contribution is 7.80. The number of rotatable bonds is 8. The van der Waals surface area contributed by atoms with Gasteiger partial charge in [-0.25, -0.2) is 4.79 Å². The summed E-state index contributed by atoms with van der Waals surface area (Å²) in [7, 11) is 0. The van der Waals surface area contributed by atoms with Crippen LogP contribution in [0.15, 0.2) is 83.4 Å². The summed E-state index contributed by atoms with van der Waals surface area (Å²) < 4.78 is 6.27. The van der Waals surface area contributed by atoms with E-state index in [9.17, 15) is 14.7 Å². The normalized spacial score (nSPS) is 16.7. The van der Waals surface area contributed by atoms with Gasteiger partial charge in [0.25, 0.3) is 0 Å². The van der Waals surface area contributed by atoms with Crippen molar-refractivity contribution in [1.29, 1.82) is 0 Å². The first kappa shape index (κ1) is 26.1. The molecule has 0 unspecified atom stereocenters. The highest BCUT2D eigenvalue weighted by Crippen LogP contribution is 2.40. The van der Waals surface area contributed by atoms with Gasteiger partial charge in [-0.05, 0) is 73.6 Å². The number of aromatic carboxylic acids is 1. The van der Waals surface area contributed by atoms with Crippen LogP contribution in [-0.2, 0) is 4.79 Å². The fraction of sp³-hybridized carbons (Fsp3) is 0.200. The second-order valence-electron chi connectivity index (χ2n) is 9.49. The Bertz CT molecular complexity index is 1530. The van der Waals surface area contributed by atoms with E-state index in [-0.39, 0.29) is 23.9 Å². The van der Waals surface area contributed by atoms with Crippen molar-refractivity contribution in [1.82, 2.24) is 15.2 Å². The van der Waals surface area contributed by atoms with Crippen molar-refractivity contribution >= 4 is 34.9 Å². The predicted molar refractivity (Wildman–Crippen MR) is 152 cm³/mol. The molecule has 4 aromatic rings. The molecular formula is C30H28N4O4S. The summed E-state index contributed by atoms with van der Waals surface area (Å²) in [6.07, 6.45) is 1.92. The van der Waals surface area contributed by atoms with Crippen LogP contribution in [0.2, 0.25) is 0 Å². The van der Waals surface area contributed by atoms with Gasteiger partial charge < -0.3 is 25.1 Å². The number of carboxylic acid groups (broad SMARTS) is 1. The number of nitrogens with zero attached hydrogens (tertiary/aromatic N) is 2. The van der Waals surface area contributed by atoms with Gasteiger partial charge in [0, 0.05) is 30.4 Å². The molecule has 39 heavy (non-hydrogen) atoms. The van der Waals surface area contributed by atoms with Crippen LogP contribution in [-0.4, -0.2) is 38.5 Å². The van der Waals surface area contributed by atoms with E-state index in [2.05, 4.69) is 15.6 Å². The lowest BCUT2D eigenvalue weighted by Crippen LogP contribution is -2.32. The van der Waals surface area contributed by atoms with E-state index in [0.717, 1.165) is 22.5 Å². The number of pyridine rings is 1. The minimum atomic E-state index is -1.03. The van der Waals surface area contributed by atoms with Crippen molar-refractivity contribution < 1.29 is 19.1 Å². The number of furan rings is 1. The molecule has 8 nitrogen and oxygen atoms in total. The average molecular weight is 541 g/mol. The standard InChI is InChI=1S/C30H28N4O4S/c1-18-10-11-19(2)23(17-18)32-26(35)14-16-34-28(27(33-30(34)39)22-9-5-6-15-31-22)25-13-12-24(38-25)20-7-3-4-8-21(20)29(36)37/h3-13,15,17,27-28H,14,16H2,1-2H3,(H,32,35)(H,33,39)(H,36,37)/t27-,28+/m0/s1.